The fourth-order valence-electron chi connectivity index (χ4n) is 8.67. The smallest absolute Gasteiger partial charge is 0.307 e. The summed E-state index contributed by atoms with van der Waals surface area (Å²) in [6.45, 7) is 7.56. The SMILES string of the molecule is CCCCCCCC/C=C\CCCCCCCCOC(=O)CCN(CCCCN(CCC(=O)OCCCCCCCC/C=C\CCCCCCCC)C(=O)[C@@H](N)CCCCN)C(=O)[C@@H](N)CCCCN. The van der Waals surface area contributed by atoms with Crippen LogP contribution in [-0.4, -0.2) is 98.1 Å². The summed E-state index contributed by atoms with van der Waals surface area (Å²) < 4.78 is 11.1. The number of nitrogens with two attached hydrogens (primary N) is 4. The minimum atomic E-state index is -0.684. The van der Waals surface area contributed by atoms with Gasteiger partial charge in [0.05, 0.1) is 38.1 Å². The third-order valence-corrected chi connectivity index (χ3v) is 13.3. The molecule has 0 saturated heterocycles. The van der Waals surface area contributed by atoms with Gasteiger partial charge in [-0.25, -0.2) is 0 Å². The van der Waals surface area contributed by atoms with Crippen molar-refractivity contribution in [2.75, 3.05) is 52.5 Å². The predicted octanol–water partition coefficient (Wildman–Crippen LogP) is 12.3. The van der Waals surface area contributed by atoms with Gasteiger partial charge in [-0.15, -0.1) is 0 Å². The van der Waals surface area contributed by atoms with E-state index in [0.29, 0.717) is 65.1 Å². The average Bonchev–Trinajstić information content (AvgIpc) is 3.36. The van der Waals surface area contributed by atoms with E-state index >= 15 is 0 Å². The highest BCUT2D eigenvalue weighted by Gasteiger charge is 2.24. The quantitative estimate of drug-likeness (QED) is 0.0258. The largest absolute Gasteiger partial charge is 0.466 e. The number of nitrogens with zero attached hydrogens (tertiary/aromatic N) is 2. The standard InChI is InChI=1S/C58H112N6O6/c1-3-5-7-9-11-13-15-17-19-21-23-25-27-29-31-39-51-69-55(65)43-49-63(57(67)53(61)41-33-35-45-59)47-37-38-48-64(58(68)54(62)42-34-36-46-60)50-44-56(66)70-52-40-32-30-28-26-24-22-20-18-16-14-12-10-8-6-4-2/h17-20,53-54H,3-16,21-52,59-62H2,1-2H3/b19-17-,20-18-/t53-,54-/m0/s1. The zero-order valence-corrected chi connectivity index (χ0v) is 45.6. The maximum Gasteiger partial charge on any atom is 0.307 e. The number of hydrogen-bond acceptors (Lipinski definition) is 10. The lowest BCUT2D eigenvalue weighted by molar-refractivity contribution is -0.146. The number of esters is 2. The van der Waals surface area contributed by atoms with Crippen molar-refractivity contribution in [2.45, 2.75) is 270 Å². The minimum absolute atomic E-state index is 0.0925. The zero-order chi connectivity index (χ0) is 51.4. The van der Waals surface area contributed by atoms with E-state index in [1.807, 2.05) is 0 Å². The van der Waals surface area contributed by atoms with E-state index in [4.69, 9.17) is 32.4 Å². The van der Waals surface area contributed by atoms with Gasteiger partial charge in [-0.2, -0.15) is 0 Å². The average molecular weight is 990 g/mol. The topological polar surface area (TPSA) is 197 Å². The van der Waals surface area contributed by atoms with Gasteiger partial charge in [-0.3, -0.25) is 19.2 Å². The number of hydrogen-bond donors (Lipinski definition) is 4. The molecule has 0 aromatic carbocycles. The first-order chi connectivity index (χ1) is 34.2. The van der Waals surface area contributed by atoms with E-state index in [-0.39, 0.29) is 49.7 Å². The van der Waals surface area contributed by atoms with Crippen LogP contribution in [0, 0.1) is 0 Å². The summed E-state index contributed by atoms with van der Waals surface area (Å²) in [5.41, 5.74) is 24.1. The molecule has 12 nitrogen and oxygen atoms in total. The monoisotopic (exact) mass is 989 g/mol. The van der Waals surface area contributed by atoms with Crippen LogP contribution in [0.1, 0.15) is 258 Å². The zero-order valence-electron chi connectivity index (χ0n) is 45.6. The van der Waals surface area contributed by atoms with Gasteiger partial charge in [0.25, 0.3) is 0 Å². The maximum atomic E-state index is 13.5. The van der Waals surface area contributed by atoms with Crippen LogP contribution in [0.4, 0.5) is 0 Å². The van der Waals surface area contributed by atoms with E-state index in [2.05, 4.69) is 38.2 Å². The number of amides is 2. The second-order valence-corrected chi connectivity index (χ2v) is 20.0. The van der Waals surface area contributed by atoms with Gasteiger partial charge in [0.1, 0.15) is 0 Å². The molecule has 0 heterocycles. The van der Waals surface area contributed by atoms with Crippen LogP contribution in [-0.2, 0) is 28.7 Å². The Morgan fingerprint density at radius 1 is 0.386 bits per heavy atom. The highest BCUT2D eigenvalue weighted by molar-refractivity contribution is 5.83. The highest BCUT2D eigenvalue weighted by Crippen LogP contribution is 2.14. The minimum Gasteiger partial charge on any atom is -0.466 e. The third kappa shape index (κ3) is 43.9. The van der Waals surface area contributed by atoms with Gasteiger partial charge in [-0.05, 0) is 116 Å². The molecule has 0 aliphatic heterocycles. The molecule has 0 bridgehead atoms. The Bertz CT molecular complexity index is 1170. The fourth-order valence-corrected chi connectivity index (χ4v) is 8.67. The van der Waals surface area contributed by atoms with E-state index in [1.165, 1.54) is 128 Å². The predicted molar refractivity (Wildman–Crippen MR) is 294 cm³/mol. The van der Waals surface area contributed by atoms with E-state index in [9.17, 15) is 19.2 Å². The molecule has 12 heteroatoms. The molecular formula is C58H112N6O6. The van der Waals surface area contributed by atoms with Gasteiger partial charge in [0, 0.05) is 26.2 Å². The highest BCUT2D eigenvalue weighted by atomic mass is 16.5. The normalized spacial score (nSPS) is 12.5. The van der Waals surface area contributed by atoms with Crippen LogP contribution >= 0.6 is 0 Å². The lowest BCUT2D eigenvalue weighted by Crippen LogP contribution is -2.46. The molecule has 8 N–H and O–H groups in total. The van der Waals surface area contributed by atoms with Gasteiger partial charge in [-0.1, -0.05) is 167 Å². The number of rotatable bonds is 53. The van der Waals surface area contributed by atoms with Gasteiger partial charge in [0.2, 0.25) is 11.8 Å². The van der Waals surface area contributed by atoms with Crippen molar-refractivity contribution in [2.24, 2.45) is 22.9 Å². The number of unbranched alkanes of at least 4 members (excludes halogenated alkanes) is 27. The van der Waals surface area contributed by atoms with E-state index < -0.39 is 12.1 Å². The van der Waals surface area contributed by atoms with Gasteiger partial charge >= 0.3 is 11.9 Å². The van der Waals surface area contributed by atoms with Crippen molar-refractivity contribution in [3.63, 3.8) is 0 Å². The molecule has 2 amide bonds. The summed E-state index contributed by atoms with van der Waals surface area (Å²) in [5.74, 6) is -1.03. The summed E-state index contributed by atoms with van der Waals surface area (Å²) in [7, 11) is 0. The summed E-state index contributed by atoms with van der Waals surface area (Å²) in [6, 6.07) is -1.37. The lowest BCUT2D eigenvalue weighted by Gasteiger charge is -2.28. The first-order valence-electron chi connectivity index (χ1n) is 29.3. The Labute approximate surface area is 430 Å². The summed E-state index contributed by atoms with van der Waals surface area (Å²) in [5, 5.41) is 0. The second-order valence-electron chi connectivity index (χ2n) is 20.0. The number of ether oxygens (including phenoxy) is 2. The maximum absolute atomic E-state index is 13.5. The molecule has 0 radical (unpaired) electrons. The molecule has 0 fully saturated rings. The summed E-state index contributed by atoms with van der Waals surface area (Å²) in [4.78, 5) is 56.0. The Hall–Kier alpha value is -2.80. The van der Waals surface area contributed by atoms with Crippen LogP contribution in [0.5, 0.6) is 0 Å². The Morgan fingerprint density at radius 3 is 1.00 bits per heavy atom. The number of carbonyl (C=O) groups excluding carboxylic acids is 4. The molecule has 0 aromatic heterocycles. The molecule has 0 aromatic rings. The first kappa shape index (κ1) is 67.2. The molecule has 410 valence electrons. The van der Waals surface area contributed by atoms with Crippen LogP contribution < -0.4 is 22.9 Å². The van der Waals surface area contributed by atoms with E-state index in [1.54, 1.807) is 9.80 Å². The van der Waals surface area contributed by atoms with Crippen molar-refractivity contribution < 1.29 is 28.7 Å². The van der Waals surface area contributed by atoms with Crippen molar-refractivity contribution in [1.29, 1.82) is 0 Å². The summed E-state index contributed by atoms with van der Waals surface area (Å²) in [6.07, 6.45) is 49.0. The van der Waals surface area contributed by atoms with Gasteiger partial charge in [0.15, 0.2) is 0 Å². The van der Waals surface area contributed by atoms with Crippen LogP contribution in [0.3, 0.4) is 0 Å². The third-order valence-electron chi connectivity index (χ3n) is 13.3. The molecule has 2 atom stereocenters. The molecule has 0 saturated carbocycles. The van der Waals surface area contributed by atoms with Crippen molar-refractivity contribution in [3.05, 3.63) is 24.3 Å². The first-order valence-corrected chi connectivity index (χ1v) is 29.3. The Kier molecular flexibility index (Phi) is 50.4. The van der Waals surface area contributed by atoms with Gasteiger partial charge < -0.3 is 42.2 Å². The molecular weight excluding hydrogens is 877 g/mol. The molecule has 0 aliphatic rings. The number of carbonyl (C=O) groups is 4. The molecule has 0 rings (SSSR count). The fraction of sp³-hybridized carbons (Fsp3) is 0.862. The Balaban J connectivity index is 4.77. The number of allylic oxidation sites excluding steroid dienone is 4. The van der Waals surface area contributed by atoms with Crippen molar-refractivity contribution >= 4 is 23.8 Å². The second kappa shape index (κ2) is 52.5. The van der Waals surface area contributed by atoms with Crippen LogP contribution in [0.25, 0.3) is 0 Å². The van der Waals surface area contributed by atoms with Crippen molar-refractivity contribution in [3.8, 4) is 0 Å². The molecule has 0 spiro atoms. The van der Waals surface area contributed by atoms with Crippen LogP contribution in [0.2, 0.25) is 0 Å². The van der Waals surface area contributed by atoms with Crippen molar-refractivity contribution in [1.82, 2.24) is 9.80 Å². The molecule has 70 heavy (non-hydrogen) atoms. The summed E-state index contributed by atoms with van der Waals surface area (Å²) >= 11 is 0. The molecule has 0 unspecified atom stereocenters. The Morgan fingerprint density at radius 2 is 0.686 bits per heavy atom. The van der Waals surface area contributed by atoms with Crippen LogP contribution in [0.15, 0.2) is 24.3 Å². The lowest BCUT2D eigenvalue weighted by atomic mass is 10.1. The van der Waals surface area contributed by atoms with E-state index in [0.717, 1.165) is 77.0 Å². The molecule has 0 aliphatic carbocycles.